The number of benzene rings is 1. The van der Waals surface area contributed by atoms with Crippen LogP contribution in [0.25, 0.3) is 22.0 Å². The minimum absolute atomic E-state index is 0.0269. The minimum atomic E-state index is -0.634. The van der Waals surface area contributed by atoms with E-state index in [0.717, 1.165) is 23.1 Å². The molecular formula is C32H35BrN8O3. The van der Waals surface area contributed by atoms with Crippen molar-refractivity contribution in [2.75, 3.05) is 5.32 Å². The number of hydrogen-bond donors (Lipinski definition) is 2. The first-order chi connectivity index (χ1) is 20.7. The number of anilines is 1. The Bertz CT molecular complexity index is 1810. The molecule has 0 unspecified atom stereocenters. The number of likely N-dealkylation sites (tertiary alicyclic amines) is 1. The maximum absolute atomic E-state index is 14.0. The van der Waals surface area contributed by atoms with Crippen molar-refractivity contribution in [3.05, 3.63) is 64.4 Å². The number of aryl methyl sites for hydroxylation is 2. The Labute approximate surface area is 264 Å². The average molecular weight is 660 g/mol. The Morgan fingerprint density at radius 2 is 1.77 bits per heavy atom. The monoisotopic (exact) mass is 658 g/mol. The topological polar surface area (TPSA) is 135 Å². The van der Waals surface area contributed by atoms with Crippen molar-refractivity contribution < 1.29 is 14.4 Å². The number of aromatic nitrogens is 5. The molecule has 0 spiro atoms. The van der Waals surface area contributed by atoms with E-state index in [1.807, 2.05) is 65.0 Å². The number of carbonyl (C=O) groups excluding carboxylic acids is 3. The van der Waals surface area contributed by atoms with Crippen LogP contribution in [-0.2, 0) is 16.1 Å². The fourth-order valence-corrected chi connectivity index (χ4v) is 6.30. The van der Waals surface area contributed by atoms with Crippen LogP contribution in [0.3, 0.4) is 0 Å². The van der Waals surface area contributed by atoms with E-state index in [4.69, 9.17) is 0 Å². The molecule has 6 rings (SSSR count). The molecule has 2 fully saturated rings. The maximum Gasteiger partial charge on any atom is 0.272 e. The van der Waals surface area contributed by atoms with Gasteiger partial charge in [0.25, 0.3) is 5.91 Å². The van der Waals surface area contributed by atoms with E-state index in [2.05, 4.69) is 53.5 Å². The zero-order valence-corrected chi connectivity index (χ0v) is 27.2. The summed E-state index contributed by atoms with van der Waals surface area (Å²) in [5, 5.41) is 11.2. The Morgan fingerprint density at radius 3 is 2.48 bits per heavy atom. The van der Waals surface area contributed by atoms with Crippen molar-refractivity contribution in [1.29, 1.82) is 0 Å². The molecule has 11 nitrogen and oxygen atoms in total. The molecule has 1 aliphatic heterocycles. The van der Waals surface area contributed by atoms with Gasteiger partial charge in [0.05, 0.1) is 5.52 Å². The van der Waals surface area contributed by atoms with Crippen LogP contribution in [0.15, 0.2) is 47.3 Å². The molecule has 4 heterocycles. The van der Waals surface area contributed by atoms with Crippen LogP contribution in [0.2, 0.25) is 0 Å². The van der Waals surface area contributed by atoms with Gasteiger partial charge in [0.2, 0.25) is 11.8 Å². The van der Waals surface area contributed by atoms with Gasteiger partial charge in [-0.05, 0) is 98.1 Å². The summed E-state index contributed by atoms with van der Waals surface area (Å²) < 4.78 is 2.18. The van der Waals surface area contributed by atoms with Gasteiger partial charge in [0, 0.05) is 34.9 Å². The van der Waals surface area contributed by atoms with Gasteiger partial charge in [-0.1, -0.05) is 19.1 Å². The number of carbonyl (C=O) groups is 3. The van der Waals surface area contributed by atoms with Gasteiger partial charge in [0.1, 0.15) is 28.8 Å². The largest absolute Gasteiger partial charge is 0.346 e. The summed E-state index contributed by atoms with van der Waals surface area (Å²) in [5.41, 5.74) is 2.73. The van der Waals surface area contributed by atoms with Crippen LogP contribution in [0.4, 0.5) is 5.82 Å². The number of pyridine rings is 1. The number of amides is 3. The quantitative estimate of drug-likeness (QED) is 0.284. The Hall–Kier alpha value is -4.19. The van der Waals surface area contributed by atoms with Crippen molar-refractivity contribution >= 4 is 50.4 Å². The molecule has 1 aliphatic carbocycles. The lowest BCUT2D eigenvalue weighted by Gasteiger charge is -2.27. The number of fused-ring (bicyclic) bond motifs is 2. The number of nitrogens with zero attached hydrogens (tertiary/aromatic N) is 6. The second-order valence-corrected chi connectivity index (χ2v) is 14.0. The summed E-state index contributed by atoms with van der Waals surface area (Å²) in [6.07, 6.45) is 4.90. The molecule has 0 bridgehead atoms. The number of nitrogens with one attached hydrogen (secondary N) is 2. The van der Waals surface area contributed by atoms with Crippen molar-refractivity contribution in [2.45, 2.75) is 78.6 Å². The molecule has 3 aromatic heterocycles. The van der Waals surface area contributed by atoms with Gasteiger partial charge in [-0.25, -0.2) is 15.0 Å². The van der Waals surface area contributed by atoms with Crippen LogP contribution in [0, 0.1) is 19.3 Å². The number of piperidine rings is 1. The summed E-state index contributed by atoms with van der Waals surface area (Å²) >= 11 is 3.36. The fourth-order valence-electron chi connectivity index (χ4n) is 5.99. The van der Waals surface area contributed by atoms with E-state index in [9.17, 15) is 14.4 Å². The number of halogens is 1. The maximum atomic E-state index is 14.0. The second kappa shape index (κ2) is 10.8. The number of rotatable bonds is 6. The normalized spacial score (nSPS) is 20.8. The molecule has 1 saturated carbocycles. The van der Waals surface area contributed by atoms with Crippen molar-refractivity contribution in [3.8, 4) is 11.1 Å². The van der Waals surface area contributed by atoms with Crippen LogP contribution >= 0.6 is 15.9 Å². The Morgan fingerprint density at radius 1 is 1.05 bits per heavy atom. The highest BCUT2D eigenvalue weighted by atomic mass is 79.9. The van der Waals surface area contributed by atoms with E-state index in [0.29, 0.717) is 33.6 Å². The number of hydrogen-bond acceptors (Lipinski definition) is 7. The third kappa shape index (κ3) is 5.70. The minimum Gasteiger partial charge on any atom is -0.346 e. The van der Waals surface area contributed by atoms with E-state index in [1.165, 1.54) is 0 Å². The highest BCUT2D eigenvalue weighted by molar-refractivity contribution is 9.10. The first-order valence-corrected chi connectivity index (χ1v) is 15.4. The molecule has 44 heavy (non-hydrogen) atoms. The highest BCUT2D eigenvalue weighted by Crippen LogP contribution is 2.59. The van der Waals surface area contributed by atoms with Crippen molar-refractivity contribution in [1.82, 2.24) is 34.9 Å². The van der Waals surface area contributed by atoms with E-state index < -0.39 is 11.6 Å². The zero-order chi connectivity index (χ0) is 31.6. The van der Waals surface area contributed by atoms with Gasteiger partial charge in [-0.2, -0.15) is 5.10 Å². The van der Waals surface area contributed by atoms with Crippen LogP contribution in [0.1, 0.15) is 62.4 Å². The van der Waals surface area contributed by atoms with Crippen LogP contribution < -0.4 is 10.6 Å². The van der Waals surface area contributed by atoms with E-state index in [-0.39, 0.29) is 41.4 Å². The predicted octanol–water partition coefficient (Wildman–Crippen LogP) is 4.81. The summed E-state index contributed by atoms with van der Waals surface area (Å²) in [6.45, 7) is 11.4. The first kappa shape index (κ1) is 29.9. The first-order valence-electron chi connectivity index (χ1n) is 14.6. The van der Waals surface area contributed by atoms with E-state index >= 15 is 0 Å². The smallest absolute Gasteiger partial charge is 0.272 e. The molecule has 1 saturated heterocycles. The second-order valence-electron chi connectivity index (χ2n) is 13.1. The molecule has 4 aromatic rings. The van der Waals surface area contributed by atoms with Crippen molar-refractivity contribution in [2.24, 2.45) is 5.41 Å². The molecule has 3 amide bonds. The lowest BCUT2D eigenvalue weighted by molar-refractivity contribution is -0.138. The lowest BCUT2D eigenvalue weighted by Crippen LogP contribution is -2.47. The summed E-state index contributed by atoms with van der Waals surface area (Å²) in [5.74, 6) is 0.301. The van der Waals surface area contributed by atoms with Gasteiger partial charge in [-0.3, -0.25) is 19.1 Å². The summed E-state index contributed by atoms with van der Waals surface area (Å²) in [6, 6.07) is 8.67. The molecule has 2 N–H and O–H groups in total. The van der Waals surface area contributed by atoms with Gasteiger partial charge < -0.3 is 15.5 Å². The zero-order valence-electron chi connectivity index (χ0n) is 25.6. The van der Waals surface area contributed by atoms with Crippen LogP contribution in [-0.4, -0.2) is 65.0 Å². The average Bonchev–Trinajstić information content (AvgIpc) is 3.32. The predicted molar refractivity (Wildman–Crippen MR) is 170 cm³/mol. The van der Waals surface area contributed by atoms with Crippen LogP contribution in [0.5, 0.6) is 0 Å². The molecule has 12 heteroatoms. The molecule has 2 aliphatic rings. The highest BCUT2D eigenvalue weighted by Gasteiger charge is 2.64. The van der Waals surface area contributed by atoms with Crippen molar-refractivity contribution in [3.63, 3.8) is 0 Å². The third-order valence-corrected chi connectivity index (χ3v) is 8.83. The summed E-state index contributed by atoms with van der Waals surface area (Å²) in [4.78, 5) is 55.7. The molecule has 3 atom stereocenters. The molecular weight excluding hydrogens is 624 g/mol. The summed E-state index contributed by atoms with van der Waals surface area (Å²) in [7, 11) is 0. The van der Waals surface area contributed by atoms with Gasteiger partial charge in [0.15, 0.2) is 5.69 Å². The standard InChI is InChI=1S/C32H35BrN8O3/c1-17-7-10-25(33)36-28(17)37-29(43)23-12-32(6)13-24(32)41(23)26(42)16-40-22-9-8-19(20-14-34-18(2)35-15-20)11-21(22)27(39-40)30(44)38-31(3,4)5/h7-11,14-15,23-24H,12-13,16H2,1-6H3,(H,38,44)(H,36,37,43)/t23-,24+,32-/m0/s1. The van der Waals surface area contributed by atoms with E-state index in [1.54, 1.807) is 22.0 Å². The molecule has 0 radical (unpaired) electrons. The third-order valence-electron chi connectivity index (χ3n) is 8.38. The molecule has 1 aromatic carbocycles. The molecule has 228 valence electrons. The van der Waals surface area contributed by atoms with Gasteiger partial charge >= 0.3 is 0 Å². The van der Waals surface area contributed by atoms with Gasteiger partial charge in [-0.15, -0.1) is 0 Å². The SMILES string of the molecule is Cc1ncc(-c2ccc3c(c2)c(C(=O)NC(C)(C)C)nn3CC(=O)N2[C@H](C(=O)Nc3nc(Br)ccc3C)C[C@@]3(C)C[C@@H]23)cn1. The Balaban J connectivity index is 1.32. The fraction of sp³-hybridized carbons (Fsp3) is 0.406. The lowest BCUT2D eigenvalue weighted by atomic mass is 10.0. The Kier molecular flexibility index (Phi) is 7.30.